The maximum absolute atomic E-state index is 13.2. The number of hydrogen-bond acceptors (Lipinski definition) is 5. The van der Waals surface area contributed by atoms with Gasteiger partial charge in [0.2, 0.25) is 0 Å². The summed E-state index contributed by atoms with van der Waals surface area (Å²) in [4.78, 5) is 41.7. The molecule has 168 valence electrons. The van der Waals surface area contributed by atoms with Crippen molar-refractivity contribution in [3.8, 4) is 6.07 Å². The zero-order chi connectivity index (χ0) is 22.6. The van der Waals surface area contributed by atoms with E-state index >= 15 is 0 Å². The van der Waals surface area contributed by atoms with Crippen LogP contribution in [0.3, 0.4) is 0 Å². The van der Waals surface area contributed by atoms with Crippen LogP contribution in [-0.4, -0.2) is 71.9 Å². The summed E-state index contributed by atoms with van der Waals surface area (Å²) in [5.41, 5.74) is 0.0135. The van der Waals surface area contributed by atoms with Crippen LogP contribution >= 0.6 is 11.6 Å². The molecule has 2 saturated heterocycles. The fraction of sp³-hybridized carbons (Fsp3) is 0.611. The molecule has 0 spiro atoms. The minimum Gasteiger partial charge on any atom is -0.367 e. The summed E-state index contributed by atoms with van der Waals surface area (Å²) in [6, 6.07) is 1.83. The summed E-state index contributed by atoms with van der Waals surface area (Å²) in [5.74, 6) is -5.70. The van der Waals surface area contributed by atoms with E-state index in [2.05, 4.69) is 26.4 Å². The largest absolute Gasteiger partial charge is 0.598 e. The summed E-state index contributed by atoms with van der Waals surface area (Å²) in [5, 5.41) is 8.68. The van der Waals surface area contributed by atoms with E-state index < -0.39 is 30.1 Å². The first-order valence-electron chi connectivity index (χ1n) is 9.69. The molecule has 2 aliphatic heterocycles. The van der Waals surface area contributed by atoms with Crippen LogP contribution in [0.2, 0.25) is 5.02 Å². The molecule has 2 N–H and O–H groups in total. The molecule has 0 bridgehead atoms. The number of amides is 3. The highest BCUT2D eigenvalue weighted by molar-refractivity contribution is 6.33. The molecule has 2 aliphatic rings. The van der Waals surface area contributed by atoms with Gasteiger partial charge in [-0.15, -0.1) is 4.85 Å². The monoisotopic (exact) mass is 461 g/mol. The van der Waals surface area contributed by atoms with Crippen LogP contribution in [0.25, 0.3) is 4.85 Å². The number of anilines is 1. The highest BCUT2D eigenvalue weighted by atomic mass is 35.5. The molecule has 0 aromatic carbocycles. The van der Waals surface area contributed by atoms with Crippen molar-refractivity contribution in [2.45, 2.75) is 31.2 Å². The second kappa shape index (κ2) is 9.55. The number of halogens is 4. The van der Waals surface area contributed by atoms with E-state index in [1.807, 2.05) is 4.90 Å². The van der Waals surface area contributed by atoms with Gasteiger partial charge < -0.3 is 9.80 Å². The molecule has 13 heteroatoms. The molecule has 9 nitrogen and oxygen atoms in total. The number of carbonyl (C=O) groups is 2. The van der Waals surface area contributed by atoms with Crippen molar-refractivity contribution in [1.29, 1.82) is 0 Å². The Labute approximate surface area is 180 Å². The fourth-order valence-corrected chi connectivity index (χ4v) is 3.76. The number of nitrogens with one attached hydrogen (secondary N) is 2. The number of aromatic amines is 1. The van der Waals surface area contributed by atoms with E-state index in [4.69, 9.17) is 11.6 Å². The Morgan fingerprint density at radius 3 is 2.71 bits per heavy atom. The van der Waals surface area contributed by atoms with E-state index in [9.17, 15) is 27.6 Å². The number of H-pyrrole nitrogens is 1. The normalized spacial score (nSPS) is 19.7. The molecular weight excluding hydrogens is 441 g/mol. The van der Waals surface area contributed by atoms with Gasteiger partial charge in [-0.1, -0.05) is 11.6 Å². The second-order valence-corrected chi connectivity index (χ2v) is 7.80. The first kappa shape index (κ1) is 22.9. The van der Waals surface area contributed by atoms with Gasteiger partial charge in [0, 0.05) is 39.0 Å². The van der Waals surface area contributed by atoms with Crippen molar-refractivity contribution in [3.63, 3.8) is 0 Å². The quantitative estimate of drug-likeness (QED) is 0.713. The molecule has 1 atom stereocenters. The number of alkyl halides is 3. The van der Waals surface area contributed by atoms with Gasteiger partial charge in [-0.05, 0) is 6.42 Å². The van der Waals surface area contributed by atoms with Gasteiger partial charge in [0.05, 0.1) is 17.8 Å². The van der Waals surface area contributed by atoms with Gasteiger partial charge in [-0.3, -0.25) is 9.59 Å². The Balaban J connectivity index is 1.47. The minimum atomic E-state index is -4.02. The first-order valence-corrected chi connectivity index (χ1v) is 10.1. The zero-order valence-electron chi connectivity index (χ0n) is 16.4. The van der Waals surface area contributed by atoms with Crippen molar-refractivity contribution >= 4 is 29.2 Å². The van der Waals surface area contributed by atoms with E-state index in [0.717, 1.165) is 4.90 Å². The Morgan fingerprint density at radius 1 is 1.32 bits per heavy atom. The lowest BCUT2D eigenvalue weighted by atomic mass is 10.0. The van der Waals surface area contributed by atoms with Crippen LogP contribution in [0.15, 0.2) is 11.0 Å². The lowest BCUT2D eigenvalue weighted by Gasteiger charge is -2.31. The minimum absolute atomic E-state index is 0.00458. The Bertz CT molecular complexity index is 955. The maximum Gasteiger partial charge on any atom is 0.598 e. The van der Waals surface area contributed by atoms with E-state index in [1.54, 1.807) is 0 Å². The van der Waals surface area contributed by atoms with Gasteiger partial charge in [0.1, 0.15) is 11.1 Å². The molecule has 1 aromatic rings. The number of hydrogen-bond donors (Lipinski definition) is 2. The first-order chi connectivity index (χ1) is 14.7. The van der Waals surface area contributed by atoms with Crippen LogP contribution < -0.4 is 15.8 Å². The topological polar surface area (TPSA) is 103 Å². The summed E-state index contributed by atoms with van der Waals surface area (Å²) >= 11 is 6.00. The molecule has 3 amide bonds. The van der Waals surface area contributed by atoms with Crippen molar-refractivity contribution in [2.75, 3.05) is 37.8 Å². The van der Waals surface area contributed by atoms with E-state index in [0.29, 0.717) is 25.2 Å². The number of likely N-dealkylation sites (tertiary alicyclic amines) is 1. The van der Waals surface area contributed by atoms with Gasteiger partial charge in [0.15, 0.2) is 12.7 Å². The van der Waals surface area contributed by atoms with Crippen LogP contribution in [-0.2, 0) is 4.79 Å². The second-order valence-electron chi connectivity index (χ2n) is 7.42. The molecule has 31 heavy (non-hydrogen) atoms. The van der Waals surface area contributed by atoms with Crippen molar-refractivity contribution < 1.29 is 22.8 Å². The van der Waals surface area contributed by atoms with Crippen LogP contribution in [0.4, 0.5) is 23.7 Å². The number of rotatable bonds is 4. The number of urea groups is 1. The standard InChI is InChI=1S/C18H20ClF3N6O3/c19-14-13(8-24-26-15(14)29)28-4-1-11(9-28)7-23-17(31)25-12-2-5-27(6-3-12)16(30)18(21,22)10-20/h8,11-12H,1-6,9-10H2,(H-,25,26,29,31)/p+1. The predicted octanol–water partition coefficient (Wildman–Crippen LogP) is 1.89. The highest BCUT2D eigenvalue weighted by Gasteiger charge is 2.43. The number of carbonyl (C=O) groups excluding carboxylic acids is 2. The molecule has 3 rings (SSSR count). The Kier molecular flexibility index (Phi) is 7.04. The third-order valence-electron chi connectivity index (χ3n) is 5.25. The molecule has 0 saturated carbocycles. The lowest BCUT2D eigenvalue weighted by Crippen LogP contribution is -2.51. The highest BCUT2D eigenvalue weighted by Crippen LogP contribution is 2.27. The summed E-state index contributed by atoms with van der Waals surface area (Å²) < 4.78 is 38.6. The van der Waals surface area contributed by atoms with Crippen LogP contribution in [0, 0.1) is 12.0 Å². The van der Waals surface area contributed by atoms with Crippen LogP contribution in [0.1, 0.15) is 19.3 Å². The van der Waals surface area contributed by atoms with Crippen molar-refractivity contribution in [3.05, 3.63) is 26.4 Å². The smallest absolute Gasteiger partial charge is 0.367 e. The zero-order valence-corrected chi connectivity index (χ0v) is 17.2. The SMILES string of the molecule is O=C([N+]#CC1CCN(c2cn[nH]c(=O)c2Cl)C1)NC1CCN(C(=O)C(F)(F)CF)CC1. The van der Waals surface area contributed by atoms with Gasteiger partial charge in [-0.2, -0.15) is 18.7 Å². The molecule has 1 aromatic heterocycles. The Hall–Kier alpha value is -2.81. The molecule has 0 aliphatic carbocycles. The number of piperidine rings is 1. The fourth-order valence-electron chi connectivity index (χ4n) is 3.55. The Morgan fingerprint density at radius 2 is 2.03 bits per heavy atom. The van der Waals surface area contributed by atoms with Crippen molar-refractivity contribution in [1.82, 2.24) is 20.4 Å². The summed E-state index contributed by atoms with van der Waals surface area (Å²) in [6.07, 6.45) is 2.64. The van der Waals surface area contributed by atoms with Crippen molar-refractivity contribution in [2.24, 2.45) is 5.92 Å². The van der Waals surface area contributed by atoms with Gasteiger partial charge >= 0.3 is 12.0 Å². The maximum atomic E-state index is 13.2. The predicted molar refractivity (Wildman–Crippen MR) is 106 cm³/mol. The molecule has 3 heterocycles. The summed E-state index contributed by atoms with van der Waals surface area (Å²) in [6.45, 7) is -0.986. The average Bonchev–Trinajstić information content (AvgIpc) is 3.23. The summed E-state index contributed by atoms with van der Waals surface area (Å²) in [7, 11) is 0. The van der Waals surface area contributed by atoms with E-state index in [-0.39, 0.29) is 42.9 Å². The molecule has 2 fully saturated rings. The van der Waals surface area contributed by atoms with Gasteiger partial charge in [-0.25, -0.2) is 14.8 Å². The average molecular weight is 462 g/mol. The molecular formula is C18H21ClF3N6O3+. The third-order valence-corrected chi connectivity index (χ3v) is 5.61. The number of nitrogens with zero attached hydrogens (tertiary/aromatic N) is 4. The third kappa shape index (κ3) is 5.46. The van der Waals surface area contributed by atoms with Crippen LogP contribution in [0.5, 0.6) is 0 Å². The molecule has 1 unspecified atom stereocenters. The number of aromatic nitrogens is 2. The van der Waals surface area contributed by atoms with E-state index in [1.165, 1.54) is 6.20 Å². The van der Waals surface area contributed by atoms with Gasteiger partial charge in [0.25, 0.3) is 11.5 Å². The lowest BCUT2D eigenvalue weighted by molar-refractivity contribution is -0.160. The molecule has 0 radical (unpaired) electrons.